The van der Waals surface area contributed by atoms with Crippen LogP contribution in [0.4, 0.5) is 4.79 Å². The summed E-state index contributed by atoms with van der Waals surface area (Å²) in [6, 6.07) is 0. The zero-order chi connectivity index (χ0) is 18.6. The lowest BCUT2D eigenvalue weighted by Crippen LogP contribution is -2.07. The standard InChI is InChI=1S/C19H35N3O3/c1-2-3-4-5-6-7-8-9-10-11-12-13-14-15-16-17-18(23)25-19(24)21-22-20/h2-17H2,1H3. The second kappa shape index (κ2) is 18.8. The Morgan fingerprint density at radius 1 is 0.760 bits per heavy atom. The summed E-state index contributed by atoms with van der Waals surface area (Å²) >= 11 is 0. The van der Waals surface area contributed by atoms with Crippen LogP contribution in [-0.2, 0) is 9.53 Å². The van der Waals surface area contributed by atoms with Gasteiger partial charge in [0.2, 0.25) is 0 Å². The molecule has 0 aromatic carbocycles. The van der Waals surface area contributed by atoms with E-state index in [0.717, 1.165) is 12.8 Å². The third-order valence-electron chi connectivity index (χ3n) is 4.31. The van der Waals surface area contributed by atoms with E-state index in [4.69, 9.17) is 5.53 Å². The Morgan fingerprint density at radius 3 is 1.56 bits per heavy atom. The minimum atomic E-state index is -1.17. The van der Waals surface area contributed by atoms with E-state index < -0.39 is 12.1 Å². The summed E-state index contributed by atoms with van der Waals surface area (Å²) in [7, 11) is 0. The number of esters is 1. The zero-order valence-corrected chi connectivity index (χ0v) is 15.9. The number of azide groups is 1. The number of hydrogen-bond acceptors (Lipinski definition) is 3. The van der Waals surface area contributed by atoms with Gasteiger partial charge in [-0.3, -0.25) is 4.79 Å². The predicted octanol–water partition coefficient (Wildman–Crippen LogP) is 7.22. The molecule has 0 aliphatic carbocycles. The molecule has 6 nitrogen and oxygen atoms in total. The lowest BCUT2D eigenvalue weighted by atomic mass is 10.0. The zero-order valence-electron chi connectivity index (χ0n) is 15.9. The first kappa shape index (κ1) is 23.4. The highest BCUT2D eigenvalue weighted by Gasteiger charge is 2.07. The van der Waals surface area contributed by atoms with Crippen LogP contribution in [0.3, 0.4) is 0 Å². The van der Waals surface area contributed by atoms with E-state index in [1.165, 1.54) is 77.0 Å². The number of amides is 1. The smallest absolute Gasteiger partial charge is 0.388 e. The molecule has 0 heterocycles. The number of carbonyl (C=O) groups excluding carboxylic acids is 2. The van der Waals surface area contributed by atoms with Gasteiger partial charge in [-0.1, -0.05) is 96.8 Å². The van der Waals surface area contributed by atoms with Crippen LogP contribution in [0.15, 0.2) is 5.11 Å². The van der Waals surface area contributed by atoms with Crippen molar-refractivity contribution in [3.8, 4) is 0 Å². The van der Waals surface area contributed by atoms with E-state index in [2.05, 4.69) is 21.7 Å². The van der Waals surface area contributed by atoms with Gasteiger partial charge in [0.25, 0.3) is 0 Å². The maximum Gasteiger partial charge on any atom is 0.404 e. The van der Waals surface area contributed by atoms with Crippen molar-refractivity contribution in [1.82, 2.24) is 0 Å². The average molecular weight is 354 g/mol. The second-order valence-corrected chi connectivity index (χ2v) is 6.63. The highest BCUT2D eigenvalue weighted by Crippen LogP contribution is 2.13. The first-order valence-corrected chi connectivity index (χ1v) is 10.0. The van der Waals surface area contributed by atoms with Crippen molar-refractivity contribution in [2.45, 2.75) is 110 Å². The number of hydrogen-bond donors (Lipinski definition) is 0. The van der Waals surface area contributed by atoms with Gasteiger partial charge in [0.1, 0.15) is 0 Å². The third-order valence-corrected chi connectivity index (χ3v) is 4.31. The molecule has 0 radical (unpaired) electrons. The van der Waals surface area contributed by atoms with E-state index in [9.17, 15) is 9.59 Å². The van der Waals surface area contributed by atoms with Gasteiger partial charge in [0.15, 0.2) is 0 Å². The molecule has 1 amide bonds. The van der Waals surface area contributed by atoms with Crippen molar-refractivity contribution in [1.29, 1.82) is 0 Å². The van der Waals surface area contributed by atoms with Crippen molar-refractivity contribution in [3.05, 3.63) is 10.4 Å². The largest absolute Gasteiger partial charge is 0.404 e. The van der Waals surface area contributed by atoms with E-state index in [-0.39, 0.29) is 6.42 Å². The van der Waals surface area contributed by atoms with Gasteiger partial charge in [-0.05, 0) is 12.0 Å². The van der Waals surface area contributed by atoms with Gasteiger partial charge >= 0.3 is 12.1 Å². The van der Waals surface area contributed by atoms with E-state index in [1.807, 2.05) is 0 Å². The summed E-state index contributed by atoms with van der Waals surface area (Å²) in [6.07, 6.45) is 17.9. The molecule has 0 fully saturated rings. The minimum Gasteiger partial charge on any atom is -0.388 e. The SMILES string of the molecule is CCCCCCCCCCCCCCCCCC(=O)OC(=O)N=[N+]=[N-]. The van der Waals surface area contributed by atoms with Crippen LogP contribution in [0.1, 0.15) is 110 Å². The van der Waals surface area contributed by atoms with Gasteiger partial charge in [0.05, 0.1) is 0 Å². The maximum atomic E-state index is 11.2. The molecule has 0 spiro atoms. The van der Waals surface area contributed by atoms with Crippen LogP contribution in [0.5, 0.6) is 0 Å². The lowest BCUT2D eigenvalue weighted by Gasteiger charge is -2.03. The molecular formula is C19H35N3O3. The Bertz CT molecular complexity index is 393. The molecule has 25 heavy (non-hydrogen) atoms. The van der Waals surface area contributed by atoms with Gasteiger partial charge in [-0.15, -0.1) is 0 Å². The topological polar surface area (TPSA) is 92.1 Å². The maximum absolute atomic E-state index is 11.2. The molecule has 0 aromatic rings. The Kier molecular flexibility index (Phi) is 17.6. The molecule has 0 saturated carbocycles. The summed E-state index contributed by atoms with van der Waals surface area (Å²) in [5.41, 5.74) is 8.01. The van der Waals surface area contributed by atoms with Crippen LogP contribution in [0, 0.1) is 0 Å². The van der Waals surface area contributed by atoms with Crippen molar-refractivity contribution in [2.75, 3.05) is 0 Å². The fourth-order valence-electron chi connectivity index (χ4n) is 2.85. The van der Waals surface area contributed by atoms with Gasteiger partial charge in [0, 0.05) is 16.4 Å². The highest BCUT2D eigenvalue weighted by atomic mass is 16.6. The summed E-state index contributed by atoms with van der Waals surface area (Å²) < 4.78 is 4.31. The summed E-state index contributed by atoms with van der Waals surface area (Å²) in [5, 5.41) is 2.68. The van der Waals surface area contributed by atoms with E-state index in [0.29, 0.717) is 6.42 Å². The Hall–Kier alpha value is -1.55. The first-order valence-electron chi connectivity index (χ1n) is 10.0. The molecule has 6 heteroatoms. The van der Waals surface area contributed by atoms with Crippen molar-refractivity contribution >= 4 is 12.1 Å². The van der Waals surface area contributed by atoms with Crippen LogP contribution < -0.4 is 0 Å². The molecule has 0 aromatic heterocycles. The fraction of sp³-hybridized carbons (Fsp3) is 0.895. The molecular weight excluding hydrogens is 318 g/mol. The molecule has 0 atom stereocenters. The lowest BCUT2D eigenvalue weighted by molar-refractivity contribution is -0.137. The molecule has 0 bridgehead atoms. The second-order valence-electron chi connectivity index (χ2n) is 6.63. The van der Waals surface area contributed by atoms with E-state index >= 15 is 0 Å². The molecule has 0 rings (SSSR count). The normalized spacial score (nSPS) is 10.3. The monoisotopic (exact) mass is 353 g/mol. The van der Waals surface area contributed by atoms with Crippen LogP contribution in [-0.4, -0.2) is 12.1 Å². The molecule has 0 unspecified atom stereocenters. The Labute approximate surface area is 152 Å². The first-order chi connectivity index (χ1) is 12.2. The molecule has 144 valence electrons. The Morgan fingerprint density at radius 2 is 1.16 bits per heavy atom. The third kappa shape index (κ3) is 18.6. The number of carbonyl (C=O) groups is 2. The Balaban J connectivity index is 3.20. The van der Waals surface area contributed by atoms with Crippen LogP contribution >= 0.6 is 0 Å². The summed E-state index contributed by atoms with van der Waals surface area (Å²) in [4.78, 5) is 24.2. The van der Waals surface area contributed by atoms with Crippen LogP contribution in [0.2, 0.25) is 0 Å². The average Bonchev–Trinajstić information content (AvgIpc) is 2.58. The number of unbranched alkanes of at least 4 members (excludes halogenated alkanes) is 14. The van der Waals surface area contributed by atoms with E-state index in [1.54, 1.807) is 0 Å². The molecule has 0 aliphatic heterocycles. The molecule has 0 saturated heterocycles. The van der Waals surface area contributed by atoms with Gasteiger partial charge < -0.3 is 4.74 Å². The molecule has 0 aliphatic rings. The number of nitrogens with zero attached hydrogens (tertiary/aromatic N) is 3. The summed E-state index contributed by atoms with van der Waals surface area (Å²) in [5.74, 6) is -0.618. The summed E-state index contributed by atoms with van der Waals surface area (Å²) in [6.45, 7) is 2.25. The van der Waals surface area contributed by atoms with Crippen molar-refractivity contribution in [3.63, 3.8) is 0 Å². The minimum absolute atomic E-state index is 0.199. The van der Waals surface area contributed by atoms with Crippen molar-refractivity contribution < 1.29 is 14.3 Å². The quantitative estimate of drug-likeness (QED) is 0.0732. The van der Waals surface area contributed by atoms with Gasteiger partial charge in [-0.25, -0.2) is 4.79 Å². The van der Waals surface area contributed by atoms with Gasteiger partial charge in [-0.2, -0.15) is 0 Å². The molecule has 0 N–H and O–H groups in total. The number of ether oxygens (including phenoxy) is 1. The predicted molar refractivity (Wildman–Crippen MR) is 100 cm³/mol. The van der Waals surface area contributed by atoms with Crippen molar-refractivity contribution in [2.24, 2.45) is 5.11 Å². The van der Waals surface area contributed by atoms with Crippen LogP contribution in [0.25, 0.3) is 10.4 Å². The number of rotatable bonds is 16. The highest BCUT2D eigenvalue weighted by molar-refractivity contribution is 5.84. The fourth-order valence-corrected chi connectivity index (χ4v) is 2.85.